The van der Waals surface area contributed by atoms with Crippen molar-refractivity contribution in [3.05, 3.63) is 0 Å². The zero-order valence-electron chi connectivity index (χ0n) is 5.07. The van der Waals surface area contributed by atoms with E-state index in [1.54, 1.807) is 0 Å². The molecule has 0 saturated carbocycles. The molecule has 0 radical (unpaired) electrons. The topological polar surface area (TPSA) is 72.8 Å². The van der Waals surface area contributed by atoms with Crippen LogP contribution in [0.1, 0.15) is 6.42 Å². The molecule has 0 aromatic rings. The van der Waals surface area contributed by atoms with Gasteiger partial charge in [0.05, 0.1) is 6.42 Å². The highest BCUT2D eigenvalue weighted by Gasteiger charge is 2.26. The normalized spacial score (nSPS) is 24.0. The van der Waals surface area contributed by atoms with Gasteiger partial charge in [-0.1, -0.05) is 0 Å². The predicted octanol–water partition coefficient (Wildman–Crippen LogP) is -0.00350. The Kier molecular flexibility index (Phi) is 1.75. The Morgan fingerprint density at radius 2 is 2.50 bits per heavy atom. The molecule has 0 aliphatic carbocycles. The Labute approximate surface area is 56.5 Å². The van der Waals surface area contributed by atoms with Crippen LogP contribution in [-0.4, -0.2) is 29.9 Å². The van der Waals surface area contributed by atoms with Crippen molar-refractivity contribution in [3.63, 3.8) is 0 Å². The summed E-state index contributed by atoms with van der Waals surface area (Å²) < 4.78 is 8.69. The van der Waals surface area contributed by atoms with E-state index in [1.807, 2.05) is 0 Å². The molecule has 5 heteroatoms. The number of hydrogen-bond acceptors (Lipinski definition) is 4. The molecule has 1 heterocycles. The maximum absolute atomic E-state index is 10.3. The lowest BCUT2D eigenvalue weighted by Crippen LogP contribution is -2.16. The van der Waals surface area contributed by atoms with Crippen molar-refractivity contribution in [2.75, 3.05) is 6.61 Å². The van der Waals surface area contributed by atoms with Crippen molar-refractivity contribution in [2.45, 2.75) is 12.5 Å². The first kappa shape index (κ1) is 6.85. The quantitative estimate of drug-likeness (QED) is 0.527. The lowest BCUT2D eigenvalue weighted by Gasteiger charge is -2.02. The molecular formula is C5H6O5. The number of cyclic esters (lactones) is 1. The molecule has 1 aliphatic heterocycles. The summed E-state index contributed by atoms with van der Waals surface area (Å²) in [6.45, 7) is 0.0468. The highest BCUT2D eigenvalue weighted by Crippen LogP contribution is 2.09. The molecule has 0 aromatic carbocycles. The van der Waals surface area contributed by atoms with Gasteiger partial charge in [-0.05, 0) is 0 Å². The minimum Gasteiger partial charge on any atom is -0.462 e. The highest BCUT2D eigenvalue weighted by atomic mass is 16.7. The van der Waals surface area contributed by atoms with Gasteiger partial charge in [-0.2, -0.15) is 0 Å². The average Bonchev–Trinajstić information content (AvgIpc) is 2.13. The third-order valence-corrected chi connectivity index (χ3v) is 1.09. The van der Waals surface area contributed by atoms with E-state index in [0.29, 0.717) is 0 Å². The smallest absolute Gasteiger partial charge is 0.462 e. The van der Waals surface area contributed by atoms with Gasteiger partial charge in [0.15, 0.2) is 0 Å². The highest BCUT2D eigenvalue weighted by molar-refractivity contribution is 5.72. The SMILES string of the molecule is O=C(O)OC1COC(=O)C1. The summed E-state index contributed by atoms with van der Waals surface area (Å²) in [5.41, 5.74) is 0. The van der Waals surface area contributed by atoms with E-state index in [9.17, 15) is 9.59 Å². The first-order chi connectivity index (χ1) is 4.68. The third-order valence-electron chi connectivity index (χ3n) is 1.09. The number of hydrogen-bond donors (Lipinski definition) is 1. The zero-order valence-corrected chi connectivity index (χ0v) is 5.07. The Morgan fingerprint density at radius 1 is 1.80 bits per heavy atom. The van der Waals surface area contributed by atoms with E-state index in [0.717, 1.165) is 0 Å². The zero-order chi connectivity index (χ0) is 7.56. The molecule has 0 aromatic heterocycles. The first-order valence-corrected chi connectivity index (χ1v) is 2.73. The summed E-state index contributed by atoms with van der Waals surface area (Å²) >= 11 is 0. The summed E-state index contributed by atoms with van der Waals surface area (Å²) in [6.07, 6.45) is -1.94. The molecule has 0 bridgehead atoms. The Morgan fingerprint density at radius 3 is 2.90 bits per heavy atom. The van der Waals surface area contributed by atoms with Crippen LogP contribution in [0.15, 0.2) is 0 Å². The van der Waals surface area contributed by atoms with Crippen LogP contribution >= 0.6 is 0 Å². The number of rotatable bonds is 1. The third kappa shape index (κ3) is 1.61. The van der Waals surface area contributed by atoms with Crippen molar-refractivity contribution in [2.24, 2.45) is 0 Å². The molecular weight excluding hydrogens is 140 g/mol. The number of esters is 1. The van der Waals surface area contributed by atoms with E-state index in [4.69, 9.17) is 5.11 Å². The van der Waals surface area contributed by atoms with Crippen molar-refractivity contribution in [3.8, 4) is 0 Å². The summed E-state index contributed by atoms with van der Waals surface area (Å²) in [4.78, 5) is 20.2. The summed E-state index contributed by atoms with van der Waals surface area (Å²) in [7, 11) is 0. The molecule has 1 fully saturated rings. The van der Waals surface area contributed by atoms with Gasteiger partial charge in [0.2, 0.25) is 0 Å². The molecule has 1 rings (SSSR count). The van der Waals surface area contributed by atoms with Crippen LogP contribution in [-0.2, 0) is 14.3 Å². The van der Waals surface area contributed by atoms with E-state index < -0.39 is 18.2 Å². The van der Waals surface area contributed by atoms with Crippen LogP contribution in [0.2, 0.25) is 0 Å². The lowest BCUT2D eigenvalue weighted by atomic mass is 10.3. The van der Waals surface area contributed by atoms with Crippen molar-refractivity contribution in [1.82, 2.24) is 0 Å². The van der Waals surface area contributed by atoms with E-state index in [-0.39, 0.29) is 13.0 Å². The number of ether oxygens (including phenoxy) is 2. The van der Waals surface area contributed by atoms with Crippen LogP contribution in [0.4, 0.5) is 4.79 Å². The summed E-state index contributed by atoms with van der Waals surface area (Å²) in [5.74, 6) is -0.411. The maximum Gasteiger partial charge on any atom is 0.506 e. The molecule has 0 amide bonds. The minimum absolute atomic E-state index is 0.0340. The van der Waals surface area contributed by atoms with Crippen molar-refractivity contribution >= 4 is 12.1 Å². The first-order valence-electron chi connectivity index (χ1n) is 2.73. The molecule has 1 atom stereocenters. The molecule has 1 saturated heterocycles. The van der Waals surface area contributed by atoms with Gasteiger partial charge < -0.3 is 14.6 Å². The van der Waals surface area contributed by atoms with Crippen LogP contribution < -0.4 is 0 Å². The molecule has 56 valence electrons. The van der Waals surface area contributed by atoms with Gasteiger partial charge in [-0.15, -0.1) is 0 Å². The molecule has 1 unspecified atom stereocenters. The molecule has 10 heavy (non-hydrogen) atoms. The average molecular weight is 146 g/mol. The predicted molar refractivity (Wildman–Crippen MR) is 28.5 cm³/mol. The fourth-order valence-electron chi connectivity index (χ4n) is 0.708. The van der Waals surface area contributed by atoms with Crippen LogP contribution in [0.25, 0.3) is 0 Å². The summed E-state index contributed by atoms with van der Waals surface area (Å²) in [6, 6.07) is 0. The molecule has 1 aliphatic rings. The van der Waals surface area contributed by atoms with Gasteiger partial charge in [0, 0.05) is 0 Å². The Bertz CT molecular complexity index is 163. The Hall–Kier alpha value is -1.26. The fourth-order valence-corrected chi connectivity index (χ4v) is 0.708. The number of carboxylic acid groups (broad SMARTS) is 1. The fraction of sp³-hybridized carbons (Fsp3) is 0.600. The standard InChI is InChI=1S/C5H6O5/c6-4-1-3(2-9-4)10-5(7)8/h3H,1-2H2,(H,7,8). The van der Waals surface area contributed by atoms with Gasteiger partial charge in [0.1, 0.15) is 12.7 Å². The molecule has 1 N–H and O–H groups in total. The summed E-state index contributed by atoms with van der Waals surface area (Å²) in [5, 5.41) is 8.07. The second kappa shape index (κ2) is 2.55. The maximum atomic E-state index is 10.3. The lowest BCUT2D eigenvalue weighted by molar-refractivity contribution is -0.137. The van der Waals surface area contributed by atoms with Crippen LogP contribution in [0.5, 0.6) is 0 Å². The van der Waals surface area contributed by atoms with Crippen molar-refractivity contribution < 1.29 is 24.2 Å². The largest absolute Gasteiger partial charge is 0.506 e. The second-order valence-electron chi connectivity index (χ2n) is 1.89. The van der Waals surface area contributed by atoms with Crippen molar-refractivity contribution in [1.29, 1.82) is 0 Å². The Balaban J connectivity index is 2.31. The molecule has 0 spiro atoms. The monoisotopic (exact) mass is 146 g/mol. The van der Waals surface area contributed by atoms with Gasteiger partial charge in [-0.25, -0.2) is 4.79 Å². The van der Waals surface area contributed by atoms with Crippen LogP contribution in [0.3, 0.4) is 0 Å². The van der Waals surface area contributed by atoms with E-state index in [1.165, 1.54) is 0 Å². The molecule has 5 nitrogen and oxygen atoms in total. The van der Waals surface area contributed by atoms with Crippen LogP contribution in [0, 0.1) is 0 Å². The van der Waals surface area contributed by atoms with Gasteiger partial charge >= 0.3 is 12.1 Å². The number of carbonyl (C=O) groups is 2. The number of carbonyl (C=O) groups excluding carboxylic acids is 1. The minimum atomic E-state index is -1.37. The second-order valence-corrected chi connectivity index (χ2v) is 1.89. The van der Waals surface area contributed by atoms with Gasteiger partial charge in [-0.3, -0.25) is 4.79 Å². The van der Waals surface area contributed by atoms with Gasteiger partial charge in [0.25, 0.3) is 0 Å². The van der Waals surface area contributed by atoms with E-state index >= 15 is 0 Å². The van der Waals surface area contributed by atoms with E-state index in [2.05, 4.69) is 9.47 Å².